The van der Waals surface area contributed by atoms with Crippen molar-refractivity contribution in [3.8, 4) is 5.75 Å². The number of hydrogen-bond acceptors (Lipinski definition) is 5. The Bertz CT molecular complexity index is 609. The van der Waals surface area contributed by atoms with E-state index in [-0.39, 0.29) is 0 Å². The molecule has 106 valence electrons. The summed E-state index contributed by atoms with van der Waals surface area (Å²) >= 11 is 9.49. The molecule has 7 heteroatoms. The molecule has 0 unspecified atom stereocenters. The number of nitrogens with zero attached hydrogens (tertiary/aromatic N) is 2. The number of aromatic nitrogens is 2. The van der Waals surface area contributed by atoms with Gasteiger partial charge in [-0.15, -0.1) is 0 Å². The lowest BCUT2D eigenvalue weighted by molar-refractivity contribution is 0.417. The lowest BCUT2D eigenvalue weighted by Crippen LogP contribution is -2.04. The van der Waals surface area contributed by atoms with E-state index in [9.17, 15) is 0 Å². The SMILES string of the molecule is CCNc1ncnc(Nc2cc(Cl)ccc2OC)c1Br. The van der Waals surface area contributed by atoms with Crippen LogP contribution in [0.2, 0.25) is 5.02 Å². The molecule has 2 N–H and O–H groups in total. The topological polar surface area (TPSA) is 59.1 Å². The fourth-order valence-electron chi connectivity index (χ4n) is 1.65. The third-order valence-corrected chi connectivity index (χ3v) is 3.53. The molecule has 0 atom stereocenters. The zero-order valence-corrected chi connectivity index (χ0v) is 13.4. The van der Waals surface area contributed by atoms with Crippen LogP contribution in [-0.4, -0.2) is 23.6 Å². The van der Waals surface area contributed by atoms with Gasteiger partial charge in [0.2, 0.25) is 0 Å². The van der Waals surface area contributed by atoms with Crippen LogP contribution in [0.5, 0.6) is 5.75 Å². The Morgan fingerprint density at radius 1 is 1.30 bits per heavy atom. The van der Waals surface area contributed by atoms with Gasteiger partial charge in [-0.3, -0.25) is 0 Å². The molecule has 0 saturated heterocycles. The third kappa shape index (κ3) is 3.32. The van der Waals surface area contributed by atoms with E-state index in [1.54, 1.807) is 25.3 Å². The molecular formula is C13H14BrClN4O. The van der Waals surface area contributed by atoms with E-state index in [0.717, 1.165) is 22.5 Å². The summed E-state index contributed by atoms with van der Waals surface area (Å²) in [4.78, 5) is 8.38. The number of benzene rings is 1. The lowest BCUT2D eigenvalue weighted by atomic mass is 10.3. The van der Waals surface area contributed by atoms with Crippen LogP contribution >= 0.6 is 27.5 Å². The highest BCUT2D eigenvalue weighted by molar-refractivity contribution is 9.10. The van der Waals surface area contributed by atoms with Crippen molar-refractivity contribution in [3.63, 3.8) is 0 Å². The molecule has 1 heterocycles. The van der Waals surface area contributed by atoms with Crippen molar-refractivity contribution < 1.29 is 4.74 Å². The minimum atomic E-state index is 0.616. The van der Waals surface area contributed by atoms with Gasteiger partial charge in [0.25, 0.3) is 0 Å². The zero-order chi connectivity index (χ0) is 14.5. The first-order valence-corrected chi connectivity index (χ1v) is 7.17. The predicted molar refractivity (Wildman–Crippen MR) is 85.2 cm³/mol. The van der Waals surface area contributed by atoms with E-state index in [2.05, 4.69) is 36.5 Å². The Labute approximate surface area is 130 Å². The Hall–Kier alpha value is -1.53. The van der Waals surface area contributed by atoms with Gasteiger partial charge in [-0.25, -0.2) is 9.97 Å². The average molecular weight is 358 g/mol. The molecule has 0 aliphatic heterocycles. The number of nitrogens with one attached hydrogen (secondary N) is 2. The minimum Gasteiger partial charge on any atom is -0.495 e. The summed E-state index contributed by atoms with van der Waals surface area (Å²) in [5.74, 6) is 2.05. The largest absolute Gasteiger partial charge is 0.495 e. The summed E-state index contributed by atoms with van der Waals surface area (Å²) in [7, 11) is 1.60. The van der Waals surface area contributed by atoms with Crippen LogP contribution in [0.3, 0.4) is 0 Å². The molecule has 0 aliphatic carbocycles. The highest BCUT2D eigenvalue weighted by Gasteiger charge is 2.11. The van der Waals surface area contributed by atoms with E-state index in [0.29, 0.717) is 16.6 Å². The molecule has 0 radical (unpaired) electrons. The van der Waals surface area contributed by atoms with Gasteiger partial charge in [-0.05, 0) is 41.1 Å². The number of anilines is 3. The van der Waals surface area contributed by atoms with Crippen molar-refractivity contribution in [3.05, 3.63) is 34.0 Å². The van der Waals surface area contributed by atoms with Crippen molar-refractivity contribution in [1.29, 1.82) is 0 Å². The van der Waals surface area contributed by atoms with E-state index in [4.69, 9.17) is 16.3 Å². The summed E-state index contributed by atoms with van der Waals surface area (Å²) in [6.45, 7) is 2.77. The molecule has 5 nitrogen and oxygen atoms in total. The summed E-state index contributed by atoms with van der Waals surface area (Å²) < 4.78 is 6.05. The average Bonchev–Trinajstić information content (AvgIpc) is 2.44. The van der Waals surface area contributed by atoms with Crippen LogP contribution in [0, 0.1) is 0 Å². The van der Waals surface area contributed by atoms with Gasteiger partial charge in [-0.2, -0.15) is 0 Å². The van der Waals surface area contributed by atoms with Crippen molar-refractivity contribution in [1.82, 2.24) is 9.97 Å². The molecule has 0 amide bonds. The number of halogens is 2. The number of rotatable bonds is 5. The van der Waals surface area contributed by atoms with E-state index < -0.39 is 0 Å². The first kappa shape index (κ1) is 14.9. The van der Waals surface area contributed by atoms with Gasteiger partial charge < -0.3 is 15.4 Å². The molecule has 0 fully saturated rings. The number of methoxy groups -OCH3 is 1. The first-order valence-electron chi connectivity index (χ1n) is 6.00. The second-order valence-corrected chi connectivity index (χ2v) is 5.11. The maximum Gasteiger partial charge on any atom is 0.150 e. The Kier molecular flexibility index (Phi) is 5.03. The second-order valence-electron chi connectivity index (χ2n) is 3.88. The molecule has 0 aliphatic rings. The van der Waals surface area contributed by atoms with E-state index in [1.807, 2.05) is 6.92 Å². The fraction of sp³-hybridized carbons (Fsp3) is 0.231. The molecule has 1 aromatic heterocycles. The van der Waals surface area contributed by atoms with Crippen molar-refractivity contribution in [2.24, 2.45) is 0 Å². The van der Waals surface area contributed by atoms with E-state index >= 15 is 0 Å². The van der Waals surface area contributed by atoms with Crippen LogP contribution in [0.4, 0.5) is 17.3 Å². The van der Waals surface area contributed by atoms with Gasteiger partial charge in [-0.1, -0.05) is 11.6 Å². The number of ether oxygens (including phenoxy) is 1. The van der Waals surface area contributed by atoms with Crippen molar-refractivity contribution >= 4 is 44.9 Å². The van der Waals surface area contributed by atoms with Gasteiger partial charge in [0.15, 0.2) is 0 Å². The highest BCUT2D eigenvalue weighted by Crippen LogP contribution is 2.34. The quantitative estimate of drug-likeness (QED) is 0.844. The van der Waals surface area contributed by atoms with Crippen molar-refractivity contribution in [2.75, 3.05) is 24.3 Å². The molecule has 20 heavy (non-hydrogen) atoms. The normalized spacial score (nSPS) is 10.2. The predicted octanol–water partition coefficient (Wildman–Crippen LogP) is 4.08. The first-order chi connectivity index (χ1) is 9.65. The maximum atomic E-state index is 6.01. The summed E-state index contributed by atoms with van der Waals surface area (Å²) in [6, 6.07) is 5.34. The van der Waals surface area contributed by atoms with Crippen LogP contribution < -0.4 is 15.4 Å². The maximum absolute atomic E-state index is 6.01. The van der Waals surface area contributed by atoms with Crippen LogP contribution in [0.15, 0.2) is 29.0 Å². The smallest absolute Gasteiger partial charge is 0.150 e. The standard InChI is InChI=1S/C13H14BrClN4O/c1-3-16-12-11(14)13(18-7-17-12)19-9-6-8(15)4-5-10(9)20-2/h4-7H,3H2,1-2H3,(H2,16,17,18,19). The summed E-state index contributed by atoms with van der Waals surface area (Å²) in [6.07, 6.45) is 1.49. The van der Waals surface area contributed by atoms with Crippen molar-refractivity contribution in [2.45, 2.75) is 6.92 Å². The van der Waals surface area contributed by atoms with Gasteiger partial charge in [0, 0.05) is 11.6 Å². The lowest BCUT2D eigenvalue weighted by Gasteiger charge is -2.13. The van der Waals surface area contributed by atoms with E-state index in [1.165, 1.54) is 6.33 Å². The second kappa shape index (κ2) is 6.76. The number of hydrogen-bond donors (Lipinski definition) is 2. The van der Waals surface area contributed by atoms with Gasteiger partial charge in [0.1, 0.15) is 28.2 Å². The molecule has 0 spiro atoms. The molecule has 0 saturated carbocycles. The van der Waals surface area contributed by atoms with Crippen LogP contribution in [0.1, 0.15) is 6.92 Å². The Balaban J connectivity index is 2.35. The van der Waals surface area contributed by atoms with Gasteiger partial charge >= 0.3 is 0 Å². The Morgan fingerprint density at radius 3 is 2.75 bits per heavy atom. The molecular weight excluding hydrogens is 344 g/mol. The highest BCUT2D eigenvalue weighted by atomic mass is 79.9. The van der Waals surface area contributed by atoms with Gasteiger partial charge in [0.05, 0.1) is 12.8 Å². The molecule has 0 bridgehead atoms. The third-order valence-electron chi connectivity index (χ3n) is 2.55. The zero-order valence-electron chi connectivity index (χ0n) is 11.1. The minimum absolute atomic E-state index is 0.616. The Morgan fingerprint density at radius 2 is 2.05 bits per heavy atom. The molecule has 1 aromatic carbocycles. The van der Waals surface area contributed by atoms with Crippen LogP contribution in [0.25, 0.3) is 0 Å². The monoisotopic (exact) mass is 356 g/mol. The molecule has 2 aromatic rings. The summed E-state index contributed by atoms with van der Waals surface area (Å²) in [5.41, 5.74) is 0.738. The molecule has 2 rings (SSSR count). The fourth-order valence-corrected chi connectivity index (χ4v) is 2.27. The summed E-state index contributed by atoms with van der Waals surface area (Å²) in [5, 5.41) is 6.95. The van der Waals surface area contributed by atoms with Crippen LogP contribution in [-0.2, 0) is 0 Å².